The zero-order valence-corrected chi connectivity index (χ0v) is 17.7. The van der Waals surface area contributed by atoms with Crippen molar-refractivity contribution in [2.45, 2.75) is 59.3 Å². The van der Waals surface area contributed by atoms with Gasteiger partial charge in [-0.1, -0.05) is 31.5 Å². The van der Waals surface area contributed by atoms with Crippen LogP contribution >= 0.6 is 0 Å². The molecule has 152 valence electrons. The van der Waals surface area contributed by atoms with Gasteiger partial charge in [0.15, 0.2) is 0 Å². The van der Waals surface area contributed by atoms with Crippen molar-refractivity contribution in [3.05, 3.63) is 47.3 Å². The maximum Gasteiger partial charge on any atom is 0.0765 e. The lowest BCUT2D eigenvalue weighted by Crippen LogP contribution is -2.42. The summed E-state index contributed by atoms with van der Waals surface area (Å²) in [5, 5.41) is 8.59. The van der Waals surface area contributed by atoms with Gasteiger partial charge in [-0.25, -0.2) is 0 Å². The fourth-order valence-electron chi connectivity index (χ4n) is 4.49. The molecule has 1 fully saturated rings. The van der Waals surface area contributed by atoms with Crippen LogP contribution in [0, 0.1) is 12.8 Å². The normalized spacial score (nSPS) is 18.6. The molecule has 28 heavy (non-hydrogen) atoms. The van der Waals surface area contributed by atoms with E-state index in [1.807, 2.05) is 0 Å². The lowest BCUT2D eigenvalue weighted by Gasteiger charge is -2.34. The van der Waals surface area contributed by atoms with E-state index < -0.39 is 0 Å². The lowest BCUT2D eigenvalue weighted by atomic mass is 10.0. The van der Waals surface area contributed by atoms with Crippen LogP contribution in [0.25, 0.3) is 0 Å². The Kier molecular flexibility index (Phi) is 6.02. The summed E-state index contributed by atoms with van der Waals surface area (Å²) in [4.78, 5) is 5.07. The first kappa shape index (κ1) is 19.5. The number of hydrogen-bond acceptors (Lipinski definition) is 4. The van der Waals surface area contributed by atoms with Crippen molar-refractivity contribution in [2.24, 2.45) is 5.92 Å². The van der Waals surface area contributed by atoms with Crippen LogP contribution < -0.4 is 10.2 Å². The van der Waals surface area contributed by atoms with E-state index in [2.05, 4.69) is 70.9 Å². The molecule has 0 unspecified atom stereocenters. The van der Waals surface area contributed by atoms with Crippen molar-refractivity contribution < 1.29 is 0 Å². The lowest BCUT2D eigenvalue weighted by molar-refractivity contribution is 0.192. The molecule has 1 aromatic carbocycles. The number of benzene rings is 1. The molecule has 0 spiro atoms. The van der Waals surface area contributed by atoms with Crippen molar-refractivity contribution in [1.29, 1.82) is 0 Å². The SMILES string of the molecule is Cc1ccc(N2CCC(NCc3cc4n(n3)CCN(CC(C)C)C4)CC2)cc1. The maximum absolute atomic E-state index is 4.84. The molecule has 2 aromatic rings. The standard InChI is InChI=1S/C23H35N5/c1-18(2)16-26-12-13-28-23(17-26)14-21(25-28)15-24-20-8-10-27(11-9-20)22-6-4-19(3)5-7-22/h4-7,14,18,20,24H,8-13,15-17H2,1-3H3. The third-order valence-electron chi connectivity index (χ3n) is 6.02. The Labute approximate surface area is 169 Å². The molecule has 5 nitrogen and oxygen atoms in total. The molecule has 0 bridgehead atoms. The van der Waals surface area contributed by atoms with E-state index in [0.717, 1.165) is 45.2 Å². The zero-order valence-electron chi connectivity index (χ0n) is 17.7. The van der Waals surface area contributed by atoms with E-state index in [1.54, 1.807) is 0 Å². The second kappa shape index (κ2) is 8.66. The van der Waals surface area contributed by atoms with Crippen LogP contribution in [0.2, 0.25) is 0 Å². The molecule has 0 radical (unpaired) electrons. The van der Waals surface area contributed by atoms with Crippen molar-refractivity contribution in [1.82, 2.24) is 20.0 Å². The Morgan fingerprint density at radius 1 is 1.07 bits per heavy atom. The predicted octanol–water partition coefficient (Wildman–Crippen LogP) is 3.42. The van der Waals surface area contributed by atoms with Crippen LogP contribution in [0.1, 0.15) is 43.6 Å². The molecule has 0 aliphatic carbocycles. The number of nitrogens with one attached hydrogen (secondary N) is 1. The van der Waals surface area contributed by atoms with Gasteiger partial charge in [0.05, 0.1) is 17.9 Å². The van der Waals surface area contributed by atoms with Crippen molar-refractivity contribution in [3.8, 4) is 0 Å². The first-order chi connectivity index (χ1) is 13.6. The minimum absolute atomic E-state index is 0.595. The average Bonchev–Trinajstić information content (AvgIpc) is 3.09. The monoisotopic (exact) mass is 381 g/mol. The molecular weight excluding hydrogens is 346 g/mol. The Morgan fingerprint density at radius 3 is 2.54 bits per heavy atom. The highest BCUT2D eigenvalue weighted by Crippen LogP contribution is 2.21. The Bertz CT molecular complexity index is 756. The van der Waals surface area contributed by atoms with Gasteiger partial charge in [0.1, 0.15) is 0 Å². The molecule has 2 aliphatic rings. The first-order valence-corrected chi connectivity index (χ1v) is 10.9. The number of rotatable bonds is 6. The molecule has 2 aliphatic heterocycles. The highest BCUT2D eigenvalue weighted by molar-refractivity contribution is 5.47. The van der Waals surface area contributed by atoms with E-state index in [4.69, 9.17) is 5.10 Å². The highest BCUT2D eigenvalue weighted by atomic mass is 15.3. The van der Waals surface area contributed by atoms with E-state index in [0.29, 0.717) is 6.04 Å². The van der Waals surface area contributed by atoms with E-state index in [-0.39, 0.29) is 0 Å². The van der Waals surface area contributed by atoms with Crippen LogP contribution in [-0.4, -0.2) is 46.9 Å². The number of piperidine rings is 1. The quantitative estimate of drug-likeness (QED) is 0.832. The summed E-state index contributed by atoms with van der Waals surface area (Å²) in [5.41, 5.74) is 5.26. The zero-order chi connectivity index (χ0) is 19.5. The topological polar surface area (TPSA) is 36.3 Å². The second-order valence-electron chi connectivity index (χ2n) is 8.96. The van der Waals surface area contributed by atoms with Gasteiger partial charge in [-0.05, 0) is 43.9 Å². The van der Waals surface area contributed by atoms with Crippen LogP contribution in [0.4, 0.5) is 5.69 Å². The summed E-state index contributed by atoms with van der Waals surface area (Å²) in [6, 6.07) is 11.8. The third-order valence-corrected chi connectivity index (χ3v) is 6.02. The Hall–Kier alpha value is -1.85. The van der Waals surface area contributed by atoms with Gasteiger partial charge in [-0.3, -0.25) is 9.58 Å². The predicted molar refractivity (Wildman–Crippen MR) is 116 cm³/mol. The fraction of sp³-hybridized carbons (Fsp3) is 0.609. The van der Waals surface area contributed by atoms with E-state index >= 15 is 0 Å². The molecule has 1 N–H and O–H groups in total. The van der Waals surface area contributed by atoms with Crippen LogP contribution in [-0.2, 0) is 19.6 Å². The molecule has 0 atom stereocenters. The number of hydrogen-bond donors (Lipinski definition) is 1. The van der Waals surface area contributed by atoms with Gasteiger partial charge in [0.2, 0.25) is 0 Å². The van der Waals surface area contributed by atoms with Gasteiger partial charge in [-0.15, -0.1) is 0 Å². The van der Waals surface area contributed by atoms with Crippen LogP contribution in [0.15, 0.2) is 30.3 Å². The van der Waals surface area contributed by atoms with Crippen molar-refractivity contribution in [3.63, 3.8) is 0 Å². The highest BCUT2D eigenvalue weighted by Gasteiger charge is 2.21. The third kappa shape index (κ3) is 4.76. The molecule has 0 amide bonds. The summed E-state index contributed by atoms with van der Waals surface area (Å²) in [5.74, 6) is 0.724. The molecule has 4 rings (SSSR count). The maximum atomic E-state index is 4.84. The molecule has 5 heteroatoms. The largest absolute Gasteiger partial charge is 0.371 e. The minimum Gasteiger partial charge on any atom is -0.371 e. The van der Waals surface area contributed by atoms with Gasteiger partial charge in [0.25, 0.3) is 0 Å². The van der Waals surface area contributed by atoms with Crippen molar-refractivity contribution in [2.75, 3.05) is 31.1 Å². The number of aromatic nitrogens is 2. The smallest absolute Gasteiger partial charge is 0.0765 e. The van der Waals surface area contributed by atoms with E-state index in [9.17, 15) is 0 Å². The summed E-state index contributed by atoms with van der Waals surface area (Å²) < 4.78 is 2.22. The number of anilines is 1. The van der Waals surface area contributed by atoms with Gasteiger partial charge >= 0.3 is 0 Å². The summed E-state index contributed by atoms with van der Waals surface area (Å²) in [6.45, 7) is 14.3. The fourth-order valence-corrected chi connectivity index (χ4v) is 4.49. The number of aryl methyl sites for hydroxylation is 1. The Balaban J connectivity index is 1.25. The first-order valence-electron chi connectivity index (χ1n) is 10.9. The van der Waals surface area contributed by atoms with Crippen LogP contribution in [0.3, 0.4) is 0 Å². The van der Waals surface area contributed by atoms with E-state index in [1.165, 1.54) is 42.0 Å². The molecular formula is C23H35N5. The molecule has 1 saturated heterocycles. The summed E-state index contributed by atoms with van der Waals surface area (Å²) in [6.07, 6.45) is 2.40. The summed E-state index contributed by atoms with van der Waals surface area (Å²) in [7, 11) is 0. The number of fused-ring (bicyclic) bond motifs is 1. The molecule has 1 aromatic heterocycles. The van der Waals surface area contributed by atoms with Crippen LogP contribution in [0.5, 0.6) is 0 Å². The van der Waals surface area contributed by atoms with Crippen molar-refractivity contribution >= 4 is 5.69 Å². The van der Waals surface area contributed by atoms with Gasteiger partial charge in [0, 0.05) is 51.0 Å². The average molecular weight is 382 g/mol. The Morgan fingerprint density at radius 2 is 1.82 bits per heavy atom. The number of nitrogens with zero attached hydrogens (tertiary/aromatic N) is 4. The second-order valence-corrected chi connectivity index (χ2v) is 8.96. The van der Waals surface area contributed by atoms with Gasteiger partial charge in [-0.2, -0.15) is 5.10 Å². The molecule has 3 heterocycles. The summed E-state index contributed by atoms with van der Waals surface area (Å²) >= 11 is 0. The molecule has 0 saturated carbocycles. The van der Waals surface area contributed by atoms with Gasteiger partial charge < -0.3 is 10.2 Å². The minimum atomic E-state index is 0.595.